The van der Waals surface area contributed by atoms with Crippen molar-refractivity contribution in [3.8, 4) is 17.1 Å². The predicted molar refractivity (Wildman–Crippen MR) is 115 cm³/mol. The number of imide groups is 1. The molecule has 1 saturated carbocycles. The Morgan fingerprint density at radius 2 is 1.61 bits per heavy atom. The Kier molecular flexibility index (Phi) is 5.06. The number of hydrogen-bond donors (Lipinski definition) is 0. The first-order valence-electron chi connectivity index (χ1n) is 10.8. The molecule has 0 spiro atoms. The summed E-state index contributed by atoms with van der Waals surface area (Å²) in [6.07, 6.45) is 6.24. The van der Waals surface area contributed by atoms with Crippen LogP contribution in [0.5, 0.6) is 5.75 Å². The highest BCUT2D eigenvalue weighted by atomic mass is 16.5. The zero-order valence-electron chi connectivity index (χ0n) is 17.5. The fraction of sp³-hybridized carbons (Fsp3) is 0.320. The molecule has 0 saturated heterocycles. The molecule has 6 nitrogen and oxygen atoms in total. The van der Waals surface area contributed by atoms with Gasteiger partial charge in [-0.15, -0.1) is 0 Å². The van der Waals surface area contributed by atoms with Gasteiger partial charge in [0.2, 0.25) is 0 Å². The van der Waals surface area contributed by atoms with Crippen LogP contribution >= 0.6 is 0 Å². The first kappa shape index (κ1) is 19.5. The van der Waals surface area contributed by atoms with Crippen molar-refractivity contribution in [1.29, 1.82) is 0 Å². The number of amides is 2. The number of aryl methyl sites for hydroxylation is 1. The fourth-order valence-electron chi connectivity index (χ4n) is 4.40. The first-order valence-corrected chi connectivity index (χ1v) is 10.8. The van der Waals surface area contributed by atoms with E-state index in [-0.39, 0.29) is 24.5 Å². The summed E-state index contributed by atoms with van der Waals surface area (Å²) in [4.78, 5) is 26.8. The molecule has 6 heteroatoms. The second kappa shape index (κ2) is 8.02. The van der Waals surface area contributed by atoms with Gasteiger partial charge in [-0.05, 0) is 69.0 Å². The summed E-state index contributed by atoms with van der Waals surface area (Å²) in [6, 6.07) is 14.6. The number of hydrogen-bond acceptors (Lipinski definition) is 5. The standard InChI is InChI=1S/C25H24N2O4/c1-16-22(15-27-24(28)20-9-5-6-10-21(20)25(27)29)23(31-26-16)17-11-13-19(14-12-17)30-18-7-3-2-4-8-18/h5-6,9-14,18H,2-4,7-8,15H2,1H3. The van der Waals surface area contributed by atoms with Crippen LogP contribution in [0.4, 0.5) is 0 Å². The number of rotatable bonds is 5. The van der Waals surface area contributed by atoms with E-state index < -0.39 is 0 Å². The van der Waals surface area contributed by atoms with E-state index in [0.717, 1.165) is 29.7 Å². The van der Waals surface area contributed by atoms with Gasteiger partial charge in [-0.3, -0.25) is 14.5 Å². The minimum Gasteiger partial charge on any atom is -0.490 e. The van der Waals surface area contributed by atoms with Gasteiger partial charge in [0, 0.05) is 11.1 Å². The molecule has 1 aliphatic heterocycles. The van der Waals surface area contributed by atoms with Gasteiger partial charge >= 0.3 is 0 Å². The SMILES string of the molecule is Cc1noc(-c2ccc(OC3CCCCC3)cc2)c1CN1C(=O)c2ccccc2C1=O. The summed E-state index contributed by atoms with van der Waals surface area (Å²) in [5, 5.41) is 4.09. The van der Waals surface area contributed by atoms with Crippen LogP contribution < -0.4 is 4.74 Å². The third kappa shape index (κ3) is 3.63. The highest BCUT2D eigenvalue weighted by Gasteiger charge is 2.36. The third-order valence-corrected chi connectivity index (χ3v) is 6.15. The van der Waals surface area contributed by atoms with Crippen LogP contribution in [0.25, 0.3) is 11.3 Å². The normalized spacial score (nSPS) is 16.6. The smallest absolute Gasteiger partial charge is 0.261 e. The lowest BCUT2D eigenvalue weighted by Gasteiger charge is -2.23. The van der Waals surface area contributed by atoms with E-state index in [1.807, 2.05) is 31.2 Å². The number of nitrogens with zero attached hydrogens (tertiary/aromatic N) is 2. The van der Waals surface area contributed by atoms with E-state index in [4.69, 9.17) is 9.26 Å². The van der Waals surface area contributed by atoms with Crippen LogP contribution in [0.2, 0.25) is 0 Å². The quantitative estimate of drug-likeness (QED) is 0.537. The summed E-state index contributed by atoms with van der Waals surface area (Å²) in [5.41, 5.74) is 3.10. The number of ether oxygens (including phenoxy) is 1. The third-order valence-electron chi connectivity index (χ3n) is 6.15. The molecule has 0 atom stereocenters. The summed E-state index contributed by atoms with van der Waals surface area (Å²) in [7, 11) is 0. The summed E-state index contributed by atoms with van der Waals surface area (Å²) in [5.74, 6) is 0.832. The van der Waals surface area contributed by atoms with Crippen molar-refractivity contribution in [2.45, 2.75) is 51.7 Å². The van der Waals surface area contributed by atoms with Gasteiger partial charge in [0.1, 0.15) is 5.75 Å². The molecule has 0 radical (unpaired) electrons. The monoisotopic (exact) mass is 416 g/mol. The second-order valence-corrected chi connectivity index (χ2v) is 8.22. The van der Waals surface area contributed by atoms with Crippen molar-refractivity contribution in [1.82, 2.24) is 10.1 Å². The Bertz CT molecular complexity index is 1090. The van der Waals surface area contributed by atoms with Crippen LogP contribution in [-0.2, 0) is 6.54 Å². The minimum absolute atomic E-state index is 0.122. The molecular weight excluding hydrogens is 392 g/mol. The first-order chi connectivity index (χ1) is 15.1. The minimum atomic E-state index is -0.289. The lowest BCUT2D eigenvalue weighted by molar-refractivity contribution is 0.0642. The maximum Gasteiger partial charge on any atom is 0.261 e. The fourth-order valence-corrected chi connectivity index (χ4v) is 4.40. The van der Waals surface area contributed by atoms with E-state index in [0.29, 0.717) is 22.6 Å². The molecule has 0 unspecified atom stereocenters. The number of fused-ring (bicyclic) bond motifs is 1. The van der Waals surface area contributed by atoms with Crippen LogP contribution in [0.3, 0.4) is 0 Å². The molecule has 0 N–H and O–H groups in total. The van der Waals surface area contributed by atoms with Gasteiger partial charge in [0.25, 0.3) is 11.8 Å². The molecule has 2 heterocycles. The Morgan fingerprint density at radius 1 is 0.968 bits per heavy atom. The zero-order valence-corrected chi connectivity index (χ0v) is 17.5. The zero-order chi connectivity index (χ0) is 21.4. The molecule has 5 rings (SSSR count). The summed E-state index contributed by atoms with van der Waals surface area (Å²) < 4.78 is 11.7. The molecule has 1 fully saturated rings. The number of carbonyl (C=O) groups is 2. The molecule has 1 aliphatic carbocycles. The van der Waals surface area contributed by atoms with Crippen LogP contribution in [-0.4, -0.2) is 28.0 Å². The molecule has 31 heavy (non-hydrogen) atoms. The molecule has 2 amide bonds. The van der Waals surface area contributed by atoms with Gasteiger partial charge in [-0.2, -0.15) is 0 Å². The average Bonchev–Trinajstić information content (AvgIpc) is 3.28. The molecule has 2 aliphatic rings. The number of aromatic nitrogens is 1. The van der Waals surface area contributed by atoms with Gasteiger partial charge in [0.05, 0.1) is 29.5 Å². The van der Waals surface area contributed by atoms with Crippen LogP contribution in [0.1, 0.15) is 64.1 Å². The Hall–Kier alpha value is -3.41. The van der Waals surface area contributed by atoms with E-state index in [9.17, 15) is 9.59 Å². The van der Waals surface area contributed by atoms with Crippen LogP contribution in [0.15, 0.2) is 53.1 Å². The summed E-state index contributed by atoms with van der Waals surface area (Å²) >= 11 is 0. The van der Waals surface area contributed by atoms with Gasteiger partial charge in [0.15, 0.2) is 5.76 Å². The second-order valence-electron chi connectivity index (χ2n) is 8.22. The molecule has 1 aromatic heterocycles. The van der Waals surface area contributed by atoms with Crippen molar-refractivity contribution in [2.24, 2.45) is 0 Å². The molecule has 3 aromatic rings. The van der Waals surface area contributed by atoms with Gasteiger partial charge in [-0.25, -0.2) is 0 Å². The molecular formula is C25H24N2O4. The Balaban J connectivity index is 1.37. The summed E-state index contributed by atoms with van der Waals surface area (Å²) in [6.45, 7) is 1.94. The van der Waals surface area contributed by atoms with Gasteiger partial charge < -0.3 is 9.26 Å². The number of benzene rings is 2. The van der Waals surface area contributed by atoms with Gasteiger partial charge in [-0.1, -0.05) is 23.7 Å². The van der Waals surface area contributed by atoms with E-state index >= 15 is 0 Å². The van der Waals surface area contributed by atoms with Crippen molar-refractivity contribution in [3.05, 3.63) is 70.9 Å². The van der Waals surface area contributed by atoms with Crippen molar-refractivity contribution >= 4 is 11.8 Å². The topological polar surface area (TPSA) is 72.6 Å². The molecule has 0 bridgehead atoms. The van der Waals surface area contributed by atoms with E-state index in [1.165, 1.54) is 24.2 Å². The van der Waals surface area contributed by atoms with Crippen LogP contribution in [0, 0.1) is 6.92 Å². The number of carbonyl (C=O) groups excluding carboxylic acids is 2. The molecule has 158 valence electrons. The predicted octanol–water partition coefficient (Wildman–Crippen LogP) is 5.16. The highest BCUT2D eigenvalue weighted by molar-refractivity contribution is 6.21. The molecule has 2 aromatic carbocycles. The van der Waals surface area contributed by atoms with E-state index in [1.54, 1.807) is 24.3 Å². The Morgan fingerprint density at radius 3 is 2.26 bits per heavy atom. The van der Waals surface area contributed by atoms with Crippen molar-refractivity contribution in [3.63, 3.8) is 0 Å². The maximum atomic E-state index is 12.8. The van der Waals surface area contributed by atoms with Crippen molar-refractivity contribution < 1.29 is 18.8 Å². The lowest BCUT2D eigenvalue weighted by Crippen LogP contribution is -2.29. The Labute approximate surface area is 180 Å². The van der Waals surface area contributed by atoms with E-state index in [2.05, 4.69) is 5.16 Å². The maximum absolute atomic E-state index is 12.8. The van der Waals surface area contributed by atoms with Crippen molar-refractivity contribution in [2.75, 3.05) is 0 Å². The highest BCUT2D eigenvalue weighted by Crippen LogP contribution is 2.32. The average molecular weight is 416 g/mol. The largest absolute Gasteiger partial charge is 0.490 e. The lowest BCUT2D eigenvalue weighted by atomic mass is 9.98.